The van der Waals surface area contributed by atoms with Gasteiger partial charge in [-0.05, 0) is 49.9 Å². The van der Waals surface area contributed by atoms with Gasteiger partial charge in [-0.3, -0.25) is 4.79 Å². The Kier molecular flexibility index (Phi) is 9.24. The molecular weight excluding hydrogens is 432 g/mol. The van der Waals surface area contributed by atoms with Crippen molar-refractivity contribution in [1.29, 1.82) is 0 Å². The van der Waals surface area contributed by atoms with Crippen molar-refractivity contribution in [2.24, 2.45) is 11.8 Å². The number of rotatable bonds is 9. The minimum Gasteiger partial charge on any atom is -0.452 e. The van der Waals surface area contributed by atoms with Crippen molar-refractivity contribution >= 4 is 21.9 Å². The van der Waals surface area contributed by atoms with Gasteiger partial charge in [-0.2, -0.15) is 4.31 Å². The van der Waals surface area contributed by atoms with Crippen LogP contribution in [0, 0.1) is 11.8 Å². The molecule has 1 aromatic carbocycles. The smallest absolute Gasteiger partial charge is 0.338 e. The number of morpholine rings is 1. The molecule has 0 saturated carbocycles. The second kappa shape index (κ2) is 11.2. The Balaban J connectivity index is 2.01. The van der Waals surface area contributed by atoms with E-state index in [4.69, 9.17) is 9.47 Å². The minimum atomic E-state index is -3.69. The van der Waals surface area contributed by atoms with Crippen molar-refractivity contribution in [2.75, 3.05) is 32.8 Å². The first-order chi connectivity index (χ1) is 14.9. The SMILES string of the molecule is CC(C)CN(CC(C)C)C(=O)COC(=O)c1ccc(S(=O)(=O)N2CC(C)OC(C)C2)cc1. The molecule has 1 heterocycles. The topological polar surface area (TPSA) is 93.2 Å². The van der Waals surface area contributed by atoms with E-state index in [2.05, 4.69) is 0 Å². The third kappa shape index (κ3) is 7.28. The fraction of sp³-hybridized carbons (Fsp3) is 0.652. The fourth-order valence-electron chi connectivity index (χ4n) is 3.70. The Labute approximate surface area is 191 Å². The average Bonchev–Trinajstić information content (AvgIpc) is 2.70. The van der Waals surface area contributed by atoms with Crippen LogP contribution in [0.4, 0.5) is 0 Å². The molecule has 32 heavy (non-hydrogen) atoms. The molecule has 180 valence electrons. The van der Waals surface area contributed by atoms with Crippen molar-refractivity contribution in [1.82, 2.24) is 9.21 Å². The maximum atomic E-state index is 12.9. The molecule has 0 N–H and O–H groups in total. The molecule has 0 bridgehead atoms. The predicted molar refractivity (Wildman–Crippen MR) is 122 cm³/mol. The number of ether oxygens (including phenoxy) is 2. The Bertz CT molecular complexity index is 862. The van der Waals surface area contributed by atoms with E-state index in [0.717, 1.165) is 0 Å². The van der Waals surface area contributed by atoms with Crippen LogP contribution in [0.25, 0.3) is 0 Å². The summed E-state index contributed by atoms with van der Waals surface area (Å²) in [7, 11) is -3.69. The molecule has 0 radical (unpaired) electrons. The third-order valence-corrected chi connectivity index (χ3v) is 6.81. The maximum Gasteiger partial charge on any atom is 0.338 e. The predicted octanol–water partition coefficient (Wildman–Crippen LogP) is 2.78. The summed E-state index contributed by atoms with van der Waals surface area (Å²) in [5, 5.41) is 0. The lowest BCUT2D eigenvalue weighted by atomic mass is 10.1. The van der Waals surface area contributed by atoms with E-state index >= 15 is 0 Å². The van der Waals surface area contributed by atoms with Crippen LogP contribution in [0.3, 0.4) is 0 Å². The molecule has 0 spiro atoms. The Morgan fingerprint density at radius 3 is 2.00 bits per heavy atom. The van der Waals surface area contributed by atoms with Crippen LogP contribution in [0.15, 0.2) is 29.2 Å². The lowest BCUT2D eigenvalue weighted by Gasteiger charge is -2.34. The van der Waals surface area contributed by atoms with E-state index in [9.17, 15) is 18.0 Å². The van der Waals surface area contributed by atoms with E-state index in [-0.39, 0.29) is 48.3 Å². The first kappa shape index (κ1) is 26.3. The molecule has 0 aliphatic carbocycles. The van der Waals surface area contributed by atoms with Crippen molar-refractivity contribution in [3.8, 4) is 0 Å². The van der Waals surface area contributed by atoms with Gasteiger partial charge in [0.25, 0.3) is 5.91 Å². The second-order valence-electron chi connectivity index (χ2n) is 9.27. The first-order valence-corrected chi connectivity index (χ1v) is 12.5. The number of benzene rings is 1. The minimum absolute atomic E-state index is 0.103. The van der Waals surface area contributed by atoms with Crippen LogP contribution in [-0.4, -0.2) is 74.5 Å². The van der Waals surface area contributed by atoms with E-state index < -0.39 is 16.0 Å². The fourth-order valence-corrected chi connectivity index (χ4v) is 5.29. The number of amides is 1. The summed E-state index contributed by atoms with van der Waals surface area (Å²) in [6.45, 7) is 13.2. The van der Waals surface area contributed by atoms with E-state index in [1.165, 1.54) is 28.6 Å². The second-order valence-corrected chi connectivity index (χ2v) is 11.2. The molecule has 2 rings (SSSR count). The van der Waals surface area contributed by atoms with Crippen molar-refractivity contribution in [3.05, 3.63) is 29.8 Å². The zero-order valence-electron chi connectivity index (χ0n) is 19.9. The quantitative estimate of drug-likeness (QED) is 0.518. The monoisotopic (exact) mass is 468 g/mol. The molecule has 2 atom stereocenters. The number of esters is 1. The Morgan fingerprint density at radius 2 is 1.53 bits per heavy atom. The Morgan fingerprint density at radius 1 is 1.03 bits per heavy atom. The van der Waals surface area contributed by atoms with Gasteiger partial charge >= 0.3 is 5.97 Å². The highest BCUT2D eigenvalue weighted by Crippen LogP contribution is 2.21. The molecule has 1 aliphatic rings. The summed E-state index contributed by atoms with van der Waals surface area (Å²) in [5.41, 5.74) is 0.194. The summed E-state index contributed by atoms with van der Waals surface area (Å²) < 4.78 is 38.1. The molecule has 2 unspecified atom stereocenters. The highest BCUT2D eigenvalue weighted by molar-refractivity contribution is 7.89. The summed E-state index contributed by atoms with van der Waals surface area (Å²) >= 11 is 0. The molecule has 1 amide bonds. The molecule has 1 fully saturated rings. The van der Waals surface area contributed by atoms with Gasteiger partial charge in [-0.1, -0.05) is 27.7 Å². The summed E-state index contributed by atoms with van der Waals surface area (Å²) in [4.78, 5) is 26.7. The van der Waals surface area contributed by atoms with Crippen LogP contribution in [0.1, 0.15) is 51.9 Å². The Hall–Kier alpha value is -1.97. The molecule has 1 aromatic rings. The lowest BCUT2D eigenvalue weighted by molar-refractivity contribution is -0.135. The number of hydrogen-bond acceptors (Lipinski definition) is 6. The summed E-state index contributed by atoms with van der Waals surface area (Å²) in [6.07, 6.45) is -0.377. The molecule has 0 aromatic heterocycles. The molecule has 9 heteroatoms. The lowest BCUT2D eigenvalue weighted by Crippen LogP contribution is -2.48. The van der Waals surface area contributed by atoms with Gasteiger partial charge in [0.2, 0.25) is 10.0 Å². The van der Waals surface area contributed by atoms with Crippen LogP contribution in [0.5, 0.6) is 0 Å². The summed E-state index contributed by atoms with van der Waals surface area (Å²) in [6, 6.07) is 5.60. The van der Waals surface area contributed by atoms with Gasteiger partial charge in [-0.25, -0.2) is 13.2 Å². The van der Waals surface area contributed by atoms with E-state index in [0.29, 0.717) is 24.9 Å². The van der Waals surface area contributed by atoms with Gasteiger partial charge in [0.15, 0.2) is 6.61 Å². The van der Waals surface area contributed by atoms with Crippen LogP contribution in [-0.2, 0) is 24.3 Å². The van der Waals surface area contributed by atoms with E-state index in [1.807, 2.05) is 41.5 Å². The molecule has 1 saturated heterocycles. The third-order valence-electron chi connectivity index (χ3n) is 4.96. The highest BCUT2D eigenvalue weighted by atomic mass is 32.2. The maximum absolute atomic E-state index is 12.9. The zero-order valence-corrected chi connectivity index (χ0v) is 20.7. The largest absolute Gasteiger partial charge is 0.452 e. The van der Waals surface area contributed by atoms with Gasteiger partial charge in [0.05, 0.1) is 22.7 Å². The zero-order chi connectivity index (χ0) is 24.1. The van der Waals surface area contributed by atoms with Crippen molar-refractivity contribution in [2.45, 2.75) is 58.6 Å². The molecule has 1 aliphatic heterocycles. The van der Waals surface area contributed by atoms with Gasteiger partial charge in [-0.15, -0.1) is 0 Å². The number of sulfonamides is 1. The number of nitrogens with zero attached hydrogens (tertiary/aromatic N) is 2. The van der Waals surface area contributed by atoms with Crippen molar-refractivity contribution < 1.29 is 27.5 Å². The number of carbonyl (C=O) groups excluding carboxylic acids is 2. The van der Waals surface area contributed by atoms with Crippen LogP contribution < -0.4 is 0 Å². The normalized spacial score (nSPS) is 19.9. The first-order valence-electron chi connectivity index (χ1n) is 11.1. The van der Waals surface area contributed by atoms with Gasteiger partial charge in [0.1, 0.15) is 0 Å². The number of carbonyl (C=O) groups is 2. The standard InChI is InChI=1S/C23H36N2O6S/c1-16(2)11-24(12-17(3)4)22(26)15-30-23(27)20-7-9-21(10-8-20)32(28,29)25-13-18(5)31-19(6)14-25/h7-10,16-19H,11-15H2,1-6H3. The van der Waals surface area contributed by atoms with Crippen LogP contribution in [0.2, 0.25) is 0 Å². The van der Waals surface area contributed by atoms with Gasteiger partial charge in [0, 0.05) is 26.2 Å². The average molecular weight is 469 g/mol. The molecular formula is C23H36N2O6S. The van der Waals surface area contributed by atoms with E-state index in [1.54, 1.807) is 4.90 Å². The summed E-state index contributed by atoms with van der Waals surface area (Å²) in [5.74, 6) is -0.291. The van der Waals surface area contributed by atoms with Crippen LogP contribution >= 0.6 is 0 Å². The highest BCUT2D eigenvalue weighted by Gasteiger charge is 2.32. The van der Waals surface area contributed by atoms with Crippen molar-refractivity contribution in [3.63, 3.8) is 0 Å². The number of hydrogen-bond donors (Lipinski definition) is 0. The molecule has 8 nitrogen and oxygen atoms in total. The van der Waals surface area contributed by atoms with Gasteiger partial charge < -0.3 is 14.4 Å².